The Balaban J connectivity index is 2.25. The SMILES string of the molecule is Cc1csc(NC(=O)C(C)NC(=O)O)c1C(=O)c1ccc(Cl)cc1. The molecule has 0 aliphatic rings. The average Bonchev–Trinajstić information content (AvgIpc) is 2.87. The number of hydrogen-bond donors (Lipinski definition) is 3. The number of carbonyl (C=O) groups excluding carboxylic acids is 2. The fraction of sp³-hybridized carbons (Fsp3) is 0.188. The van der Waals surface area contributed by atoms with Crippen LogP contribution in [0.5, 0.6) is 0 Å². The number of carbonyl (C=O) groups is 3. The summed E-state index contributed by atoms with van der Waals surface area (Å²) in [5.74, 6) is -0.774. The second kappa shape index (κ2) is 7.46. The molecule has 0 saturated heterocycles. The molecule has 2 amide bonds. The molecule has 0 fully saturated rings. The van der Waals surface area contributed by atoms with Crippen LogP contribution in [0.2, 0.25) is 5.02 Å². The van der Waals surface area contributed by atoms with Crippen LogP contribution in [0.15, 0.2) is 29.6 Å². The van der Waals surface area contributed by atoms with E-state index in [1.807, 2.05) is 0 Å². The number of aryl methyl sites for hydroxylation is 1. The molecule has 8 heteroatoms. The van der Waals surface area contributed by atoms with Crippen LogP contribution in [0, 0.1) is 6.92 Å². The second-order valence-corrected chi connectivity index (χ2v) is 6.44. The fourth-order valence-electron chi connectivity index (χ4n) is 2.03. The topological polar surface area (TPSA) is 95.5 Å². The summed E-state index contributed by atoms with van der Waals surface area (Å²) < 4.78 is 0. The zero-order valence-corrected chi connectivity index (χ0v) is 14.5. The third-order valence-electron chi connectivity index (χ3n) is 3.28. The van der Waals surface area contributed by atoms with Crippen molar-refractivity contribution in [1.82, 2.24) is 5.32 Å². The van der Waals surface area contributed by atoms with Gasteiger partial charge in [0, 0.05) is 10.6 Å². The van der Waals surface area contributed by atoms with Gasteiger partial charge in [0.1, 0.15) is 11.0 Å². The molecule has 0 radical (unpaired) electrons. The van der Waals surface area contributed by atoms with Crippen molar-refractivity contribution in [3.8, 4) is 0 Å². The van der Waals surface area contributed by atoms with E-state index in [0.717, 1.165) is 5.56 Å². The number of amides is 2. The van der Waals surface area contributed by atoms with Gasteiger partial charge in [-0.3, -0.25) is 9.59 Å². The first-order valence-electron chi connectivity index (χ1n) is 6.98. The second-order valence-electron chi connectivity index (χ2n) is 5.12. The normalized spacial score (nSPS) is 11.6. The van der Waals surface area contributed by atoms with E-state index in [1.54, 1.807) is 36.6 Å². The summed E-state index contributed by atoms with van der Waals surface area (Å²) in [7, 11) is 0. The quantitative estimate of drug-likeness (QED) is 0.705. The highest BCUT2D eigenvalue weighted by atomic mass is 35.5. The highest BCUT2D eigenvalue weighted by Gasteiger charge is 2.22. The molecule has 0 aliphatic heterocycles. The number of hydrogen-bond acceptors (Lipinski definition) is 4. The molecule has 0 bridgehead atoms. The number of ketones is 1. The van der Waals surface area contributed by atoms with E-state index in [9.17, 15) is 14.4 Å². The standard InChI is InChI=1S/C16H15ClN2O4S/c1-8-7-24-15(19-14(21)9(2)18-16(22)23)12(8)13(20)10-3-5-11(17)6-4-10/h3-7,9,18H,1-2H3,(H,19,21)(H,22,23). The van der Waals surface area contributed by atoms with Gasteiger partial charge in [-0.1, -0.05) is 11.6 Å². The molecular formula is C16H15ClN2O4S. The number of halogens is 1. The first kappa shape index (κ1) is 18.0. The van der Waals surface area contributed by atoms with Gasteiger partial charge in [0.15, 0.2) is 5.78 Å². The van der Waals surface area contributed by atoms with E-state index in [4.69, 9.17) is 16.7 Å². The highest BCUT2D eigenvalue weighted by molar-refractivity contribution is 7.15. The Morgan fingerprint density at radius 1 is 1.21 bits per heavy atom. The van der Waals surface area contributed by atoms with Crippen molar-refractivity contribution in [3.05, 3.63) is 51.4 Å². The number of nitrogens with one attached hydrogen (secondary N) is 2. The number of thiophene rings is 1. The maximum atomic E-state index is 12.7. The number of benzene rings is 1. The van der Waals surface area contributed by atoms with Gasteiger partial charge in [-0.25, -0.2) is 4.79 Å². The predicted octanol–water partition coefficient (Wildman–Crippen LogP) is 3.54. The molecule has 1 aromatic carbocycles. The van der Waals surface area contributed by atoms with Gasteiger partial charge in [0.25, 0.3) is 0 Å². The summed E-state index contributed by atoms with van der Waals surface area (Å²) in [6, 6.07) is 5.52. The minimum atomic E-state index is -1.29. The minimum Gasteiger partial charge on any atom is -0.465 e. The molecule has 1 unspecified atom stereocenters. The van der Waals surface area contributed by atoms with E-state index < -0.39 is 18.0 Å². The zero-order valence-electron chi connectivity index (χ0n) is 12.9. The third kappa shape index (κ3) is 4.12. The van der Waals surface area contributed by atoms with Crippen LogP contribution in [0.25, 0.3) is 0 Å². The molecule has 6 nitrogen and oxygen atoms in total. The van der Waals surface area contributed by atoms with Crippen molar-refractivity contribution in [2.24, 2.45) is 0 Å². The summed E-state index contributed by atoms with van der Waals surface area (Å²) in [4.78, 5) is 35.4. The Hall–Kier alpha value is -2.38. The highest BCUT2D eigenvalue weighted by Crippen LogP contribution is 2.30. The summed E-state index contributed by atoms with van der Waals surface area (Å²) in [6.07, 6.45) is -1.29. The maximum absolute atomic E-state index is 12.7. The van der Waals surface area contributed by atoms with Crippen LogP contribution in [-0.4, -0.2) is 28.9 Å². The molecule has 3 N–H and O–H groups in total. The molecule has 1 atom stereocenters. The van der Waals surface area contributed by atoms with Gasteiger partial charge in [0.2, 0.25) is 5.91 Å². The van der Waals surface area contributed by atoms with E-state index in [-0.39, 0.29) is 5.78 Å². The number of rotatable bonds is 5. The van der Waals surface area contributed by atoms with E-state index >= 15 is 0 Å². The fourth-order valence-corrected chi connectivity index (χ4v) is 3.10. The third-order valence-corrected chi connectivity index (χ3v) is 4.54. The molecule has 1 heterocycles. The molecule has 126 valence electrons. The van der Waals surface area contributed by atoms with Crippen molar-refractivity contribution in [2.45, 2.75) is 19.9 Å². The molecule has 0 saturated carbocycles. The Bertz CT molecular complexity index is 786. The first-order valence-corrected chi connectivity index (χ1v) is 8.24. The summed E-state index contributed by atoms with van der Waals surface area (Å²) >= 11 is 7.04. The summed E-state index contributed by atoms with van der Waals surface area (Å²) in [6.45, 7) is 3.19. The Morgan fingerprint density at radius 2 is 1.83 bits per heavy atom. The van der Waals surface area contributed by atoms with Crippen LogP contribution in [-0.2, 0) is 4.79 Å². The van der Waals surface area contributed by atoms with Crippen molar-refractivity contribution in [2.75, 3.05) is 5.32 Å². The van der Waals surface area contributed by atoms with Gasteiger partial charge >= 0.3 is 6.09 Å². The molecule has 0 spiro atoms. The van der Waals surface area contributed by atoms with Crippen molar-refractivity contribution >= 4 is 45.7 Å². The summed E-state index contributed by atoms with van der Waals surface area (Å²) in [5, 5.41) is 16.0. The molecule has 24 heavy (non-hydrogen) atoms. The monoisotopic (exact) mass is 366 g/mol. The van der Waals surface area contributed by atoms with Gasteiger partial charge in [0.05, 0.1) is 5.56 Å². The van der Waals surface area contributed by atoms with E-state index in [2.05, 4.69) is 10.6 Å². The average molecular weight is 367 g/mol. The van der Waals surface area contributed by atoms with Crippen molar-refractivity contribution < 1.29 is 19.5 Å². The molecule has 2 rings (SSSR count). The largest absolute Gasteiger partial charge is 0.465 e. The van der Waals surface area contributed by atoms with Crippen LogP contribution < -0.4 is 10.6 Å². The lowest BCUT2D eigenvalue weighted by Crippen LogP contribution is -2.40. The van der Waals surface area contributed by atoms with Gasteiger partial charge in [-0.05, 0) is 49.1 Å². The van der Waals surface area contributed by atoms with Crippen LogP contribution in [0.1, 0.15) is 28.4 Å². The summed E-state index contributed by atoms with van der Waals surface area (Å²) in [5.41, 5.74) is 1.57. The number of carboxylic acid groups (broad SMARTS) is 1. The predicted molar refractivity (Wildman–Crippen MR) is 93.2 cm³/mol. The molecule has 1 aromatic heterocycles. The Morgan fingerprint density at radius 3 is 2.42 bits per heavy atom. The zero-order chi connectivity index (χ0) is 17.9. The maximum Gasteiger partial charge on any atom is 0.405 e. The van der Waals surface area contributed by atoms with Crippen LogP contribution in [0.3, 0.4) is 0 Å². The Kier molecular flexibility index (Phi) is 5.58. The van der Waals surface area contributed by atoms with Crippen LogP contribution >= 0.6 is 22.9 Å². The lowest BCUT2D eigenvalue weighted by atomic mass is 10.0. The lowest BCUT2D eigenvalue weighted by Gasteiger charge is -2.12. The molecular weight excluding hydrogens is 352 g/mol. The van der Waals surface area contributed by atoms with Gasteiger partial charge < -0.3 is 15.7 Å². The van der Waals surface area contributed by atoms with E-state index in [1.165, 1.54) is 18.3 Å². The van der Waals surface area contributed by atoms with Crippen molar-refractivity contribution in [3.63, 3.8) is 0 Å². The molecule has 2 aromatic rings. The van der Waals surface area contributed by atoms with Gasteiger partial charge in [-0.2, -0.15) is 0 Å². The number of anilines is 1. The van der Waals surface area contributed by atoms with Crippen molar-refractivity contribution in [1.29, 1.82) is 0 Å². The lowest BCUT2D eigenvalue weighted by molar-refractivity contribution is -0.117. The van der Waals surface area contributed by atoms with Crippen LogP contribution in [0.4, 0.5) is 9.80 Å². The molecule has 0 aliphatic carbocycles. The minimum absolute atomic E-state index is 0.237. The smallest absolute Gasteiger partial charge is 0.405 e. The van der Waals surface area contributed by atoms with Gasteiger partial charge in [-0.15, -0.1) is 11.3 Å². The van der Waals surface area contributed by atoms with E-state index in [0.29, 0.717) is 21.2 Å². The Labute approximate surface area is 147 Å². The first-order chi connectivity index (χ1) is 11.3.